The fourth-order valence-electron chi connectivity index (χ4n) is 0.757. The van der Waals surface area contributed by atoms with Gasteiger partial charge in [-0.15, -0.1) is 11.4 Å². The lowest BCUT2D eigenvalue weighted by molar-refractivity contribution is 0.353. The van der Waals surface area contributed by atoms with Gasteiger partial charge in [-0.2, -0.15) is 0 Å². The molecule has 1 heterocycles. The molecule has 1 unspecified atom stereocenters. The van der Waals surface area contributed by atoms with E-state index < -0.39 is 0 Å². The molecule has 1 atom stereocenters. The van der Waals surface area contributed by atoms with Crippen LogP contribution in [0.5, 0.6) is 0 Å². The minimum atomic E-state index is -0.0795. The summed E-state index contributed by atoms with van der Waals surface area (Å²) in [5, 5.41) is 0. The van der Waals surface area contributed by atoms with Gasteiger partial charge in [0.05, 0.1) is 14.0 Å². The molecule has 9 heavy (non-hydrogen) atoms. The average Bonchev–Trinajstić information content (AvgIpc) is 2.13. The highest BCUT2D eigenvalue weighted by atomic mass is 32.7. The highest BCUT2D eigenvalue weighted by molar-refractivity contribution is 8.54. The highest BCUT2D eigenvalue weighted by Crippen LogP contribution is 2.52. The van der Waals surface area contributed by atoms with E-state index in [1.807, 2.05) is 11.4 Å². The fourth-order valence-corrected chi connectivity index (χ4v) is 4.06. The van der Waals surface area contributed by atoms with Gasteiger partial charge in [-0.3, -0.25) is 0 Å². The van der Waals surface area contributed by atoms with Crippen molar-refractivity contribution >= 4 is 18.7 Å². The summed E-state index contributed by atoms with van der Waals surface area (Å²) in [5.41, 5.74) is 0. The smallest absolute Gasteiger partial charge is 0.0884 e. The molecular formula is C6H13OPS. The van der Waals surface area contributed by atoms with Gasteiger partial charge in [0.2, 0.25) is 0 Å². The van der Waals surface area contributed by atoms with Gasteiger partial charge in [0.1, 0.15) is 0 Å². The Kier molecular flexibility index (Phi) is 3.96. The summed E-state index contributed by atoms with van der Waals surface area (Å²) in [6, 6.07) is 0. The molecular weight excluding hydrogens is 151 g/mol. The Morgan fingerprint density at radius 2 is 2.44 bits per heavy atom. The van der Waals surface area contributed by atoms with Crippen molar-refractivity contribution < 1.29 is 4.52 Å². The van der Waals surface area contributed by atoms with Crippen LogP contribution in [0.4, 0.5) is 0 Å². The van der Waals surface area contributed by atoms with Crippen LogP contribution in [0.25, 0.3) is 0 Å². The summed E-state index contributed by atoms with van der Waals surface area (Å²) in [6.45, 7) is 3.22. The molecule has 0 amide bonds. The van der Waals surface area contributed by atoms with Crippen LogP contribution in [-0.4, -0.2) is 18.5 Å². The quantitative estimate of drug-likeness (QED) is 0.551. The Hall–Kier alpha value is 0.740. The second-order valence-electron chi connectivity index (χ2n) is 2.02. The molecule has 1 aliphatic rings. The molecule has 1 fully saturated rings. The topological polar surface area (TPSA) is 9.23 Å². The molecule has 0 saturated carbocycles. The molecule has 54 valence electrons. The van der Waals surface area contributed by atoms with E-state index in [2.05, 4.69) is 6.92 Å². The van der Waals surface area contributed by atoms with Gasteiger partial charge in [-0.1, -0.05) is 6.92 Å². The zero-order chi connectivity index (χ0) is 6.53. The van der Waals surface area contributed by atoms with Gasteiger partial charge in [0.15, 0.2) is 0 Å². The SMILES string of the molecule is CCP1OCCCCS1. The molecule has 1 aliphatic heterocycles. The second-order valence-corrected chi connectivity index (χ2v) is 6.24. The fraction of sp³-hybridized carbons (Fsp3) is 1.00. The summed E-state index contributed by atoms with van der Waals surface area (Å²) >= 11 is 2.03. The largest absolute Gasteiger partial charge is 0.348 e. The van der Waals surface area contributed by atoms with Crippen LogP contribution in [0, 0.1) is 0 Å². The van der Waals surface area contributed by atoms with E-state index >= 15 is 0 Å². The zero-order valence-corrected chi connectivity index (χ0v) is 7.51. The van der Waals surface area contributed by atoms with Crippen LogP contribution in [0.2, 0.25) is 0 Å². The van der Waals surface area contributed by atoms with Crippen molar-refractivity contribution in [1.82, 2.24) is 0 Å². The van der Waals surface area contributed by atoms with Crippen LogP contribution in [0.1, 0.15) is 19.8 Å². The summed E-state index contributed by atoms with van der Waals surface area (Å²) in [7, 11) is -0.0795. The molecule has 0 aromatic heterocycles. The minimum Gasteiger partial charge on any atom is -0.348 e. The van der Waals surface area contributed by atoms with Crippen molar-refractivity contribution in [1.29, 1.82) is 0 Å². The van der Waals surface area contributed by atoms with Crippen molar-refractivity contribution in [2.75, 3.05) is 18.5 Å². The lowest BCUT2D eigenvalue weighted by Gasteiger charge is -2.09. The number of hydrogen-bond acceptors (Lipinski definition) is 2. The second kappa shape index (κ2) is 4.54. The molecule has 0 bridgehead atoms. The van der Waals surface area contributed by atoms with Gasteiger partial charge in [-0.25, -0.2) is 0 Å². The molecule has 0 spiro atoms. The first-order valence-corrected chi connectivity index (χ1v) is 6.50. The van der Waals surface area contributed by atoms with Crippen molar-refractivity contribution in [2.45, 2.75) is 19.8 Å². The molecule has 1 nitrogen and oxygen atoms in total. The van der Waals surface area contributed by atoms with E-state index in [0.29, 0.717) is 0 Å². The van der Waals surface area contributed by atoms with Crippen molar-refractivity contribution in [3.63, 3.8) is 0 Å². The van der Waals surface area contributed by atoms with Gasteiger partial charge in [0, 0.05) is 0 Å². The molecule has 0 aliphatic carbocycles. The lowest BCUT2D eigenvalue weighted by Crippen LogP contribution is -1.84. The predicted molar refractivity (Wildman–Crippen MR) is 45.1 cm³/mol. The van der Waals surface area contributed by atoms with Gasteiger partial charge in [0.25, 0.3) is 0 Å². The van der Waals surface area contributed by atoms with Crippen LogP contribution in [0.3, 0.4) is 0 Å². The average molecular weight is 164 g/mol. The molecule has 0 aromatic rings. The number of rotatable bonds is 1. The van der Waals surface area contributed by atoms with E-state index in [9.17, 15) is 0 Å². The molecule has 3 heteroatoms. The van der Waals surface area contributed by atoms with E-state index in [-0.39, 0.29) is 7.35 Å². The Morgan fingerprint density at radius 3 is 3.22 bits per heavy atom. The van der Waals surface area contributed by atoms with Crippen molar-refractivity contribution in [3.8, 4) is 0 Å². The highest BCUT2D eigenvalue weighted by Gasteiger charge is 2.09. The van der Waals surface area contributed by atoms with Crippen molar-refractivity contribution in [3.05, 3.63) is 0 Å². The minimum absolute atomic E-state index is 0.0795. The third kappa shape index (κ3) is 2.88. The Morgan fingerprint density at radius 1 is 1.56 bits per heavy atom. The summed E-state index contributed by atoms with van der Waals surface area (Å²) < 4.78 is 5.58. The first-order valence-electron chi connectivity index (χ1n) is 3.47. The van der Waals surface area contributed by atoms with E-state index in [0.717, 1.165) is 6.61 Å². The monoisotopic (exact) mass is 164 g/mol. The molecule has 1 rings (SSSR count). The molecule has 1 saturated heterocycles. The Bertz CT molecular complexity index is 71.5. The van der Waals surface area contributed by atoms with Crippen LogP contribution in [-0.2, 0) is 4.52 Å². The standard InChI is InChI=1S/C6H13OPS/c1-2-8-7-5-3-4-6-9-8/h2-6H2,1H3. The predicted octanol–water partition coefficient (Wildman–Crippen LogP) is 2.86. The Balaban J connectivity index is 2.18. The maximum Gasteiger partial charge on any atom is 0.0884 e. The normalized spacial score (nSPS) is 29.7. The van der Waals surface area contributed by atoms with E-state index in [4.69, 9.17) is 4.52 Å². The van der Waals surface area contributed by atoms with E-state index in [1.165, 1.54) is 24.8 Å². The van der Waals surface area contributed by atoms with Crippen LogP contribution < -0.4 is 0 Å². The summed E-state index contributed by atoms with van der Waals surface area (Å²) in [4.78, 5) is 0. The molecule has 0 radical (unpaired) electrons. The summed E-state index contributed by atoms with van der Waals surface area (Å²) in [6.07, 6.45) is 3.84. The van der Waals surface area contributed by atoms with Crippen molar-refractivity contribution in [2.24, 2.45) is 0 Å². The summed E-state index contributed by atoms with van der Waals surface area (Å²) in [5.74, 6) is 1.32. The first-order chi connectivity index (χ1) is 4.43. The Labute approximate surface area is 62.1 Å². The van der Waals surface area contributed by atoms with Gasteiger partial charge < -0.3 is 4.52 Å². The maximum atomic E-state index is 5.58. The van der Waals surface area contributed by atoms with Gasteiger partial charge in [-0.05, 0) is 24.8 Å². The molecule has 0 N–H and O–H groups in total. The van der Waals surface area contributed by atoms with E-state index in [1.54, 1.807) is 0 Å². The third-order valence-corrected chi connectivity index (χ3v) is 5.52. The molecule has 0 aromatic carbocycles. The first kappa shape index (κ1) is 7.84. The van der Waals surface area contributed by atoms with Crippen LogP contribution >= 0.6 is 18.7 Å². The van der Waals surface area contributed by atoms with Crippen LogP contribution in [0.15, 0.2) is 0 Å². The third-order valence-electron chi connectivity index (χ3n) is 1.27. The number of hydrogen-bond donors (Lipinski definition) is 0. The van der Waals surface area contributed by atoms with Gasteiger partial charge >= 0.3 is 0 Å². The lowest BCUT2D eigenvalue weighted by atomic mass is 10.4. The maximum absolute atomic E-state index is 5.58. The zero-order valence-electron chi connectivity index (χ0n) is 5.80.